The van der Waals surface area contributed by atoms with Gasteiger partial charge in [0.2, 0.25) is 11.8 Å². The molecule has 0 unspecified atom stereocenters. The normalized spacial score (nSPS) is 10.1. The van der Waals surface area contributed by atoms with Crippen LogP contribution in [-0.2, 0) is 9.53 Å². The van der Waals surface area contributed by atoms with E-state index in [9.17, 15) is 4.79 Å². The summed E-state index contributed by atoms with van der Waals surface area (Å²) in [5, 5.41) is 0. The van der Waals surface area contributed by atoms with Gasteiger partial charge in [-0.05, 0) is 20.3 Å². The van der Waals surface area contributed by atoms with E-state index in [4.69, 9.17) is 4.74 Å². The van der Waals surface area contributed by atoms with Crippen LogP contribution in [0.25, 0.3) is 0 Å². The molecule has 0 fully saturated rings. The van der Waals surface area contributed by atoms with Crippen LogP contribution in [0.5, 0.6) is 5.88 Å². The first-order valence-corrected chi connectivity index (χ1v) is 6.40. The molecule has 1 aromatic heterocycles. The first-order valence-electron chi connectivity index (χ1n) is 6.40. The monoisotopic (exact) mass is 267 g/mol. The topological polar surface area (TPSA) is 64.6 Å². The van der Waals surface area contributed by atoms with Gasteiger partial charge in [0.15, 0.2) is 0 Å². The van der Waals surface area contributed by atoms with Crippen molar-refractivity contribution in [2.75, 3.05) is 31.7 Å². The molecule has 0 radical (unpaired) electrons. The molecule has 0 bridgehead atoms. The molecule has 6 nitrogen and oxygen atoms in total. The van der Waals surface area contributed by atoms with Gasteiger partial charge in [0.25, 0.3) is 0 Å². The van der Waals surface area contributed by atoms with Crippen LogP contribution in [0.15, 0.2) is 6.07 Å². The minimum atomic E-state index is -0.309. The lowest BCUT2D eigenvalue weighted by atomic mass is 10.4. The molecule has 0 saturated heterocycles. The molecular formula is C13H21N3O3. The van der Waals surface area contributed by atoms with Gasteiger partial charge < -0.3 is 14.4 Å². The Labute approximate surface area is 113 Å². The van der Waals surface area contributed by atoms with Gasteiger partial charge in [-0.3, -0.25) is 4.79 Å². The third-order valence-electron chi connectivity index (χ3n) is 2.44. The van der Waals surface area contributed by atoms with E-state index in [0.29, 0.717) is 25.0 Å². The number of aryl methyl sites for hydroxylation is 1. The molecule has 0 spiro atoms. The lowest BCUT2D eigenvalue weighted by Gasteiger charge is -2.21. The van der Waals surface area contributed by atoms with E-state index in [1.54, 1.807) is 11.0 Å². The minimum Gasteiger partial charge on any atom is -0.478 e. The van der Waals surface area contributed by atoms with Crippen LogP contribution >= 0.6 is 0 Å². The lowest BCUT2D eigenvalue weighted by Crippen LogP contribution is -2.32. The van der Waals surface area contributed by atoms with Gasteiger partial charge in [-0.25, -0.2) is 4.98 Å². The van der Waals surface area contributed by atoms with E-state index in [2.05, 4.69) is 14.7 Å². The van der Waals surface area contributed by atoms with Crippen molar-refractivity contribution in [1.29, 1.82) is 0 Å². The average molecular weight is 267 g/mol. The van der Waals surface area contributed by atoms with Crippen molar-refractivity contribution in [1.82, 2.24) is 9.97 Å². The number of ether oxygens (including phenoxy) is 2. The zero-order valence-electron chi connectivity index (χ0n) is 12.0. The van der Waals surface area contributed by atoms with Crippen molar-refractivity contribution >= 4 is 11.9 Å². The summed E-state index contributed by atoms with van der Waals surface area (Å²) in [5.41, 5.74) is 0.805. The highest BCUT2D eigenvalue weighted by atomic mass is 16.5. The van der Waals surface area contributed by atoms with E-state index in [1.165, 1.54) is 7.11 Å². The Balaban J connectivity index is 2.96. The number of nitrogens with zero attached hydrogens (tertiary/aromatic N) is 3. The van der Waals surface area contributed by atoms with Crippen molar-refractivity contribution in [3.8, 4) is 5.88 Å². The highest BCUT2D eigenvalue weighted by molar-refractivity contribution is 5.74. The maximum atomic E-state index is 11.4. The molecule has 0 aliphatic rings. The van der Waals surface area contributed by atoms with Gasteiger partial charge in [-0.1, -0.05) is 6.92 Å². The quantitative estimate of drug-likeness (QED) is 0.699. The molecule has 0 atom stereocenters. The standard InChI is InChI=1S/C13H21N3O3/c1-5-7-16(9-12(17)18-4)13-14-10(3)8-11(15-13)19-6-2/h8H,5-7,9H2,1-4H3. The number of carbonyl (C=O) groups excluding carboxylic acids is 1. The fourth-order valence-electron chi connectivity index (χ4n) is 1.63. The van der Waals surface area contributed by atoms with Gasteiger partial charge >= 0.3 is 5.97 Å². The Morgan fingerprint density at radius 1 is 1.37 bits per heavy atom. The molecule has 0 amide bonds. The molecule has 0 N–H and O–H groups in total. The van der Waals surface area contributed by atoms with Crippen molar-refractivity contribution in [2.24, 2.45) is 0 Å². The Hall–Kier alpha value is -1.85. The van der Waals surface area contributed by atoms with Crippen LogP contribution in [0.4, 0.5) is 5.95 Å². The predicted octanol–water partition coefficient (Wildman–Crippen LogP) is 1.57. The number of rotatable bonds is 7. The van der Waals surface area contributed by atoms with Crippen molar-refractivity contribution < 1.29 is 14.3 Å². The second-order valence-corrected chi connectivity index (χ2v) is 4.08. The Kier molecular flexibility index (Phi) is 6.05. The molecule has 0 saturated carbocycles. The fraction of sp³-hybridized carbons (Fsp3) is 0.615. The second kappa shape index (κ2) is 7.56. The zero-order chi connectivity index (χ0) is 14.3. The first kappa shape index (κ1) is 15.2. The Morgan fingerprint density at radius 3 is 2.68 bits per heavy atom. The molecule has 0 aliphatic carbocycles. The predicted molar refractivity (Wildman–Crippen MR) is 72.5 cm³/mol. The lowest BCUT2D eigenvalue weighted by molar-refractivity contribution is -0.139. The molecule has 1 heterocycles. The summed E-state index contributed by atoms with van der Waals surface area (Å²) in [4.78, 5) is 21.9. The third-order valence-corrected chi connectivity index (χ3v) is 2.44. The average Bonchev–Trinajstić information content (AvgIpc) is 2.37. The van der Waals surface area contributed by atoms with E-state index in [1.807, 2.05) is 20.8 Å². The highest BCUT2D eigenvalue weighted by Crippen LogP contribution is 2.15. The largest absolute Gasteiger partial charge is 0.478 e. The van der Waals surface area contributed by atoms with Crippen molar-refractivity contribution in [3.63, 3.8) is 0 Å². The van der Waals surface area contributed by atoms with Gasteiger partial charge in [-0.2, -0.15) is 4.98 Å². The van der Waals surface area contributed by atoms with Gasteiger partial charge in [0.1, 0.15) is 6.54 Å². The number of hydrogen-bond acceptors (Lipinski definition) is 6. The maximum absolute atomic E-state index is 11.4. The van der Waals surface area contributed by atoms with Gasteiger partial charge in [0.05, 0.1) is 13.7 Å². The molecule has 1 aromatic rings. The summed E-state index contributed by atoms with van der Waals surface area (Å²) in [6.45, 7) is 7.17. The maximum Gasteiger partial charge on any atom is 0.325 e. The smallest absolute Gasteiger partial charge is 0.325 e. The summed E-state index contributed by atoms with van der Waals surface area (Å²) in [5.74, 6) is 0.711. The van der Waals surface area contributed by atoms with Gasteiger partial charge in [-0.15, -0.1) is 0 Å². The second-order valence-electron chi connectivity index (χ2n) is 4.08. The number of esters is 1. The molecule has 19 heavy (non-hydrogen) atoms. The molecule has 0 aromatic carbocycles. The Morgan fingerprint density at radius 2 is 2.11 bits per heavy atom. The number of aromatic nitrogens is 2. The van der Waals surface area contributed by atoms with Crippen LogP contribution in [0.3, 0.4) is 0 Å². The zero-order valence-corrected chi connectivity index (χ0v) is 12.0. The van der Waals surface area contributed by atoms with E-state index < -0.39 is 0 Å². The number of carbonyl (C=O) groups is 1. The van der Waals surface area contributed by atoms with Crippen LogP contribution in [0.1, 0.15) is 26.0 Å². The number of anilines is 1. The molecule has 6 heteroatoms. The SMILES string of the molecule is CCCN(CC(=O)OC)c1nc(C)cc(OCC)n1. The molecular weight excluding hydrogens is 246 g/mol. The van der Waals surface area contributed by atoms with Crippen molar-refractivity contribution in [3.05, 3.63) is 11.8 Å². The van der Waals surface area contributed by atoms with Crippen molar-refractivity contribution in [2.45, 2.75) is 27.2 Å². The van der Waals surface area contributed by atoms with Crippen LogP contribution in [0, 0.1) is 6.92 Å². The summed E-state index contributed by atoms with van der Waals surface area (Å²) >= 11 is 0. The summed E-state index contributed by atoms with van der Waals surface area (Å²) in [6, 6.07) is 1.77. The highest BCUT2D eigenvalue weighted by Gasteiger charge is 2.15. The van der Waals surface area contributed by atoms with E-state index >= 15 is 0 Å². The fourth-order valence-corrected chi connectivity index (χ4v) is 1.63. The third kappa shape index (κ3) is 4.73. The van der Waals surface area contributed by atoms with Gasteiger partial charge in [0, 0.05) is 18.3 Å². The molecule has 0 aliphatic heterocycles. The Bertz CT molecular complexity index is 424. The summed E-state index contributed by atoms with van der Waals surface area (Å²) in [6.07, 6.45) is 0.887. The number of methoxy groups -OCH3 is 1. The number of hydrogen-bond donors (Lipinski definition) is 0. The molecule has 1 rings (SSSR count). The van der Waals surface area contributed by atoms with E-state index in [-0.39, 0.29) is 12.5 Å². The molecule has 106 valence electrons. The summed E-state index contributed by atoms with van der Waals surface area (Å²) in [7, 11) is 1.37. The first-order chi connectivity index (χ1) is 9.10. The minimum absolute atomic E-state index is 0.138. The van der Waals surface area contributed by atoms with Crippen LogP contribution in [0.2, 0.25) is 0 Å². The van der Waals surface area contributed by atoms with E-state index in [0.717, 1.165) is 12.1 Å². The summed E-state index contributed by atoms with van der Waals surface area (Å²) < 4.78 is 10.1. The van der Waals surface area contributed by atoms with Crippen LogP contribution < -0.4 is 9.64 Å². The van der Waals surface area contributed by atoms with Crippen LogP contribution in [-0.4, -0.2) is 42.7 Å².